The van der Waals surface area contributed by atoms with E-state index in [1.807, 2.05) is 0 Å². The lowest BCUT2D eigenvalue weighted by molar-refractivity contribution is -0.360. The Bertz CT molecular complexity index is 2570. The molecule has 2 saturated heterocycles. The molecule has 3 aliphatic rings. The highest BCUT2D eigenvalue weighted by molar-refractivity contribution is 7.47. The molecule has 1 aliphatic carbocycles. The summed E-state index contributed by atoms with van der Waals surface area (Å²) in [4.78, 5) is 66.5. The number of rotatable bonds is 76. The molecule has 0 aromatic heterocycles. The van der Waals surface area contributed by atoms with Crippen molar-refractivity contribution in [1.29, 1.82) is 0 Å². The summed E-state index contributed by atoms with van der Waals surface area (Å²) in [5.41, 5.74) is 0. The number of esters is 4. The number of hydrogen-bond acceptors (Lipinski definition) is 24. The van der Waals surface area contributed by atoms with Crippen LogP contribution in [-0.4, -0.2) is 205 Å². The Kier molecular flexibility index (Phi) is 64.9. The maximum Gasteiger partial charge on any atom is 0.472 e. The molecule has 118 heavy (non-hydrogen) atoms. The largest absolute Gasteiger partial charge is 0.472 e. The fourth-order valence-corrected chi connectivity index (χ4v) is 16.6. The van der Waals surface area contributed by atoms with E-state index in [1.165, 1.54) is 167 Å². The molecule has 1 saturated carbocycles. The molecular formula is C92H169O25P. The lowest BCUT2D eigenvalue weighted by Crippen LogP contribution is -2.70. The van der Waals surface area contributed by atoms with Gasteiger partial charge in [-0.3, -0.25) is 28.2 Å². The molecule has 26 heteroatoms. The number of ether oxygens (including phenoxy) is 8. The van der Waals surface area contributed by atoms with Gasteiger partial charge in [-0.05, 0) is 83.0 Å². The number of carbonyl (C=O) groups excluding carboxylic acids is 4. The first-order valence-electron chi connectivity index (χ1n) is 47.5. The molecule has 19 atom stereocenters. The van der Waals surface area contributed by atoms with Crippen LogP contribution in [0.15, 0.2) is 24.3 Å². The maximum absolute atomic E-state index is 14.9. The topological polar surface area (TPSA) is 380 Å². The SMILES string of the molecule is CCCCCC/C=C\CCCCCCCCCC(=O)OC1C(O)C(O)C(OC2OC(CO)C(O)C(O)C2O)C(OP(=O)(O)OCC(COC(=O)CCCCCCCCC(C)CCCCCCCC)OC(=O)CCCCCCCCCCCCCCCCC)C1OC1OC(COC(=O)CCCCC/C=C\CCCCCCCC)C(O)C(O)C1O. The zero-order chi connectivity index (χ0) is 86.2. The van der Waals surface area contributed by atoms with Gasteiger partial charge in [0.25, 0.3) is 0 Å². The normalized spacial score (nSPS) is 25.3. The van der Waals surface area contributed by atoms with Crippen LogP contribution in [-0.2, 0) is 70.7 Å². The lowest BCUT2D eigenvalue weighted by Gasteiger charge is -2.50. The first-order chi connectivity index (χ1) is 57.1. The molecule has 692 valence electrons. The second-order valence-corrected chi connectivity index (χ2v) is 35.6. The number of phosphoric acid groups is 1. The Morgan fingerprint density at radius 3 is 1.11 bits per heavy atom. The number of carbonyl (C=O) groups is 4. The molecule has 3 rings (SSSR count). The summed E-state index contributed by atoms with van der Waals surface area (Å²) in [6.07, 6.45) is 28.9. The average molecular weight is 1710 g/mol. The minimum absolute atomic E-state index is 0.00660. The first-order valence-corrected chi connectivity index (χ1v) is 49.0. The van der Waals surface area contributed by atoms with Crippen LogP contribution < -0.4 is 0 Å². The fraction of sp³-hybridized carbons (Fsp3) is 0.913. The summed E-state index contributed by atoms with van der Waals surface area (Å²) < 4.78 is 73.5. The van der Waals surface area contributed by atoms with Crippen LogP contribution >= 0.6 is 7.82 Å². The predicted molar refractivity (Wildman–Crippen MR) is 458 cm³/mol. The van der Waals surface area contributed by atoms with Gasteiger partial charge < -0.3 is 88.7 Å². The molecule has 2 aliphatic heterocycles. The third-order valence-electron chi connectivity index (χ3n) is 23.3. The van der Waals surface area contributed by atoms with E-state index in [4.69, 9.17) is 46.9 Å². The zero-order valence-electron chi connectivity index (χ0n) is 73.9. The van der Waals surface area contributed by atoms with Gasteiger partial charge in [-0.2, -0.15) is 0 Å². The minimum atomic E-state index is -5.81. The molecule has 0 aromatic rings. The van der Waals surface area contributed by atoms with Gasteiger partial charge in [0.2, 0.25) is 0 Å². The van der Waals surface area contributed by atoms with Crippen molar-refractivity contribution in [3.05, 3.63) is 24.3 Å². The van der Waals surface area contributed by atoms with Crippen molar-refractivity contribution in [1.82, 2.24) is 0 Å². The van der Waals surface area contributed by atoms with E-state index in [2.05, 4.69) is 58.9 Å². The van der Waals surface area contributed by atoms with Crippen molar-refractivity contribution in [2.24, 2.45) is 5.92 Å². The lowest BCUT2D eigenvalue weighted by atomic mass is 9.84. The Morgan fingerprint density at radius 1 is 0.356 bits per heavy atom. The highest BCUT2D eigenvalue weighted by atomic mass is 31.2. The molecule has 0 bridgehead atoms. The Morgan fingerprint density at radius 2 is 0.686 bits per heavy atom. The highest BCUT2D eigenvalue weighted by Crippen LogP contribution is 2.49. The molecule has 0 spiro atoms. The van der Waals surface area contributed by atoms with Gasteiger partial charge in [-0.25, -0.2) is 4.57 Å². The van der Waals surface area contributed by atoms with Gasteiger partial charge in [0.1, 0.15) is 92.6 Å². The third-order valence-corrected chi connectivity index (χ3v) is 24.3. The van der Waals surface area contributed by atoms with E-state index < -0.39 is 162 Å². The first kappa shape index (κ1) is 109. The third kappa shape index (κ3) is 50.2. The smallest absolute Gasteiger partial charge is 0.463 e. The van der Waals surface area contributed by atoms with Gasteiger partial charge in [-0.1, -0.05) is 322 Å². The van der Waals surface area contributed by atoms with Crippen molar-refractivity contribution in [2.45, 2.75) is 505 Å². The zero-order valence-corrected chi connectivity index (χ0v) is 74.8. The summed E-state index contributed by atoms with van der Waals surface area (Å²) in [6.45, 7) is 7.91. The van der Waals surface area contributed by atoms with E-state index in [1.54, 1.807) is 0 Å². The molecule has 3 fully saturated rings. The molecular weight excluding hydrogens is 1540 g/mol. The van der Waals surface area contributed by atoms with Gasteiger partial charge >= 0.3 is 31.7 Å². The molecule has 0 radical (unpaired) electrons. The fourth-order valence-electron chi connectivity index (χ4n) is 15.7. The molecule has 10 N–H and O–H groups in total. The molecule has 0 amide bonds. The highest BCUT2D eigenvalue weighted by Gasteiger charge is 2.60. The molecule has 2 heterocycles. The quantitative estimate of drug-likeness (QED) is 0.00889. The summed E-state index contributed by atoms with van der Waals surface area (Å²) in [7, 11) is -5.81. The van der Waals surface area contributed by atoms with E-state index in [0.717, 1.165) is 135 Å². The number of hydrogen-bond donors (Lipinski definition) is 10. The second kappa shape index (κ2) is 70.2. The predicted octanol–water partition coefficient (Wildman–Crippen LogP) is 17.6. The van der Waals surface area contributed by atoms with Crippen molar-refractivity contribution < 1.29 is 122 Å². The minimum Gasteiger partial charge on any atom is -0.463 e. The number of aliphatic hydroxyl groups excluding tert-OH is 9. The van der Waals surface area contributed by atoms with Crippen LogP contribution in [0.3, 0.4) is 0 Å². The maximum atomic E-state index is 14.9. The van der Waals surface area contributed by atoms with Gasteiger partial charge in [-0.15, -0.1) is 0 Å². The molecule has 25 nitrogen and oxygen atoms in total. The van der Waals surface area contributed by atoms with Crippen LogP contribution in [0, 0.1) is 5.92 Å². The number of aliphatic hydroxyl groups is 9. The Balaban J connectivity index is 1.93. The van der Waals surface area contributed by atoms with Crippen molar-refractivity contribution in [3.63, 3.8) is 0 Å². The van der Waals surface area contributed by atoms with E-state index in [-0.39, 0.29) is 25.7 Å². The van der Waals surface area contributed by atoms with Gasteiger partial charge in [0.15, 0.2) is 24.8 Å². The van der Waals surface area contributed by atoms with Crippen LogP contribution in [0.4, 0.5) is 0 Å². The van der Waals surface area contributed by atoms with Crippen molar-refractivity contribution >= 4 is 31.7 Å². The Labute approximate surface area is 711 Å². The van der Waals surface area contributed by atoms with Crippen molar-refractivity contribution in [2.75, 3.05) is 26.4 Å². The van der Waals surface area contributed by atoms with Crippen LogP contribution in [0.1, 0.15) is 401 Å². The summed E-state index contributed by atoms with van der Waals surface area (Å²) in [6, 6.07) is 0. The molecule has 19 unspecified atom stereocenters. The van der Waals surface area contributed by atoms with Crippen LogP contribution in [0.25, 0.3) is 0 Å². The van der Waals surface area contributed by atoms with Gasteiger partial charge in [0, 0.05) is 25.7 Å². The number of phosphoric ester groups is 1. The Hall–Kier alpha value is -3.05. The van der Waals surface area contributed by atoms with Gasteiger partial charge in [0.05, 0.1) is 13.2 Å². The second-order valence-electron chi connectivity index (χ2n) is 34.1. The van der Waals surface area contributed by atoms with Crippen LogP contribution in [0.2, 0.25) is 0 Å². The summed E-state index contributed by atoms with van der Waals surface area (Å²) in [5, 5.41) is 102. The average Bonchev–Trinajstić information content (AvgIpc) is 0.755. The van der Waals surface area contributed by atoms with E-state index in [0.29, 0.717) is 44.4 Å². The number of unbranched alkanes of at least 4 members (excludes halogenated alkanes) is 44. The van der Waals surface area contributed by atoms with E-state index >= 15 is 0 Å². The molecule has 0 aromatic carbocycles. The standard InChI is InChI=1S/C92H169O25P/c1-6-10-14-18-22-25-28-31-33-36-39-42-45-53-59-65-77(96)111-72(68-108-75(94)63-57-52-48-47-50-56-62-71(5)61-55-49-21-17-13-9-4)69-110-118(106,107)117-90-88(115-91-85(104)81(100)79(98)73(67-93)112-91)84(103)83(102)87(114-78(97)66-60-54-46-43-40-37-34-32-29-26-23-19-15-11-7-2)89(90)116-92-86(105)82(101)80(99)74(113-92)70-109-76(95)64-58-51-44-41-38-35-30-27-24-20-16-12-8-3/h26,29,35,38,71-74,79-93,98-105H,6-25,27-28,30-34,36-37,39-70H2,1-5H3,(H,106,107)/b29-26-,38-35-. The monoisotopic (exact) mass is 1710 g/mol. The summed E-state index contributed by atoms with van der Waals surface area (Å²) in [5.74, 6) is -2.29. The summed E-state index contributed by atoms with van der Waals surface area (Å²) >= 11 is 0. The number of allylic oxidation sites excluding steroid dienone is 4. The van der Waals surface area contributed by atoms with Crippen LogP contribution in [0.5, 0.6) is 0 Å². The van der Waals surface area contributed by atoms with Crippen molar-refractivity contribution in [3.8, 4) is 0 Å². The van der Waals surface area contributed by atoms with E-state index in [9.17, 15) is 74.6 Å².